The lowest BCUT2D eigenvalue weighted by Crippen LogP contribution is -2.50. The van der Waals surface area contributed by atoms with Gasteiger partial charge in [0, 0.05) is 38.3 Å². The zero-order chi connectivity index (χ0) is 13.7. The van der Waals surface area contributed by atoms with E-state index in [0.29, 0.717) is 12.1 Å². The van der Waals surface area contributed by atoms with Crippen molar-refractivity contribution in [1.82, 2.24) is 15.3 Å². The van der Waals surface area contributed by atoms with Crippen LogP contribution in [0.15, 0.2) is 18.2 Å². The smallest absolute Gasteiger partial charge is 0.123 e. The van der Waals surface area contributed by atoms with Crippen molar-refractivity contribution < 1.29 is 4.74 Å². The molecule has 1 aliphatic rings. The molecule has 0 aromatic heterocycles. The fourth-order valence-corrected chi connectivity index (χ4v) is 2.15. The molecular weight excluding hydrogens is 240 g/mol. The SMILES string of the molecule is COc1ccc(C#N)cc1CNN1CCN(C)CC1. The van der Waals surface area contributed by atoms with Gasteiger partial charge in [-0.3, -0.25) is 5.43 Å². The zero-order valence-corrected chi connectivity index (χ0v) is 11.5. The minimum Gasteiger partial charge on any atom is -0.496 e. The molecule has 1 N–H and O–H groups in total. The van der Waals surface area contributed by atoms with Crippen LogP contribution in [0.1, 0.15) is 11.1 Å². The molecule has 1 aromatic rings. The van der Waals surface area contributed by atoms with Crippen LogP contribution in [-0.2, 0) is 6.54 Å². The third kappa shape index (κ3) is 3.67. The fraction of sp³-hybridized carbons (Fsp3) is 0.500. The Bertz CT molecular complexity index is 461. The highest BCUT2D eigenvalue weighted by Gasteiger charge is 2.13. The molecule has 0 amide bonds. The summed E-state index contributed by atoms with van der Waals surface area (Å²) in [5.41, 5.74) is 5.08. The van der Waals surface area contributed by atoms with E-state index in [1.807, 2.05) is 12.1 Å². The lowest BCUT2D eigenvalue weighted by atomic mass is 10.1. The number of likely N-dealkylation sites (N-methyl/N-ethyl adjacent to an activating group) is 1. The molecule has 5 nitrogen and oxygen atoms in total. The molecule has 0 saturated carbocycles. The van der Waals surface area contributed by atoms with Crippen molar-refractivity contribution in [1.29, 1.82) is 5.26 Å². The number of nitriles is 1. The largest absolute Gasteiger partial charge is 0.496 e. The van der Waals surface area contributed by atoms with Crippen molar-refractivity contribution >= 4 is 0 Å². The summed E-state index contributed by atoms with van der Waals surface area (Å²) in [4.78, 5) is 2.31. The van der Waals surface area contributed by atoms with Crippen molar-refractivity contribution in [2.24, 2.45) is 0 Å². The summed E-state index contributed by atoms with van der Waals surface area (Å²) in [5.74, 6) is 0.820. The number of nitrogens with one attached hydrogen (secondary N) is 1. The van der Waals surface area contributed by atoms with Crippen molar-refractivity contribution in [3.05, 3.63) is 29.3 Å². The van der Waals surface area contributed by atoms with Gasteiger partial charge >= 0.3 is 0 Å². The molecule has 1 aliphatic heterocycles. The first-order chi connectivity index (χ1) is 9.22. The fourth-order valence-electron chi connectivity index (χ4n) is 2.15. The Morgan fingerprint density at radius 1 is 1.32 bits per heavy atom. The molecule has 1 fully saturated rings. The van der Waals surface area contributed by atoms with Crippen LogP contribution >= 0.6 is 0 Å². The Morgan fingerprint density at radius 3 is 2.68 bits per heavy atom. The first kappa shape index (κ1) is 13.8. The van der Waals surface area contributed by atoms with Gasteiger partial charge in [0.15, 0.2) is 0 Å². The maximum atomic E-state index is 8.94. The highest BCUT2D eigenvalue weighted by atomic mass is 16.5. The van der Waals surface area contributed by atoms with Crippen LogP contribution in [0.2, 0.25) is 0 Å². The molecule has 0 unspecified atom stereocenters. The minimum absolute atomic E-state index is 0.663. The monoisotopic (exact) mass is 260 g/mol. The zero-order valence-electron chi connectivity index (χ0n) is 11.5. The molecule has 0 aliphatic carbocycles. The molecule has 5 heteroatoms. The molecule has 1 saturated heterocycles. The number of nitrogens with zero attached hydrogens (tertiary/aromatic N) is 3. The van der Waals surface area contributed by atoms with Gasteiger partial charge in [-0.25, -0.2) is 5.01 Å². The van der Waals surface area contributed by atoms with Crippen molar-refractivity contribution in [2.75, 3.05) is 40.3 Å². The van der Waals surface area contributed by atoms with Crippen molar-refractivity contribution in [3.8, 4) is 11.8 Å². The van der Waals surface area contributed by atoms with E-state index in [2.05, 4.69) is 28.5 Å². The third-order valence-corrected chi connectivity index (χ3v) is 3.41. The normalized spacial score (nSPS) is 17.1. The lowest BCUT2D eigenvalue weighted by molar-refractivity contribution is 0.102. The van der Waals surface area contributed by atoms with Crippen molar-refractivity contribution in [3.63, 3.8) is 0 Å². The van der Waals surface area contributed by atoms with Gasteiger partial charge in [0.1, 0.15) is 5.75 Å². The molecule has 0 radical (unpaired) electrons. The second-order valence-electron chi connectivity index (χ2n) is 4.76. The number of hydrogen-bond donors (Lipinski definition) is 1. The van der Waals surface area contributed by atoms with Crippen LogP contribution in [0.25, 0.3) is 0 Å². The Kier molecular flexibility index (Phi) is 4.74. The summed E-state index contributed by atoms with van der Waals surface area (Å²) < 4.78 is 5.33. The summed E-state index contributed by atoms with van der Waals surface area (Å²) in [6.45, 7) is 4.85. The minimum atomic E-state index is 0.663. The number of methoxy groups -OCH3 is 1. The topological polar surface area (TPSA) is 51.5 Å². The molecule has 102 valence electrons. The molecular formula is C14H20N4O. The molecule has 2 rings (SSSR count). The van der Waals surface area contributed by atoms with Crippen LogP contribution in [0.3, 0.4) is 0 Å². The molecule has 0 spiro atoms. The van der Waals surface area contributed by atoms with Gasteiger partial charge in [0.2, 0.25) is 0 Å². The van der Waals surface area contributed by atoms with Crippen LogP contribution in [0.4, 0.5) is 0 Å². The number of ether oxygens (including phenoxy) is 1. The van der Waals surface area contributed by atoms with E-state index in [4.69, 9.17) is 10.00 Å². The van der Waals surface area contributed by atoms with E-state index in [1.165, 1.54) is 0 Å². The quantitative estimate of drug-likeness (QED) is 0.868. The first-order valence-electron chi connectivity index (χ1n) is 6.47. The molecule has 0 atom stereocenters. The maximum absolute atomic E-state index is 8.94. The number of hydrazine groups is 1. The maximum Gasteiger partial charge on any atom is 0.123 e. The molecule has 0 bridgehead atoms. The average molecular weight is 260 g/mol. The van der Waals surface area contributed by atoms with Gasteiger partial charge in [-0.1, -0.05) is 0 Å². The summed E-state index contributed by atoms with van der Waals surface area (Å²) in [7, 11) is 3.79. The van der Waals surface area contributed by atoms with Crippen molar-refractivity contribution in [2.45, 2.75) is 6.54 Å². The Morgan fingerprint density at radius 2 is 2.05 bits per heavy atom. The Balaban J connectivity index is 1.96. The van der Waals surface area contributed by atoms with Gasteiger partial charge in [-0.05, 0) is 25.2 Å². The molecule has 1 heterocycles. The lowest BCUT2D eigenvalue weighted by Gasteiger charge is -2.32. The summed E-state index contributed by atoms with van der Waals surface area (Å²) in [5, 5.41) is 11.2. The summed E-state index contributed by atoms with van der Waals surface area (Å²) >= 11 is 0. The Labute approximate surface area is 114 Å². The van der Waals surface area contributed by atoms with Gasteiger partial charge in [-0.15, -0.1) is 0 Å². The van der Waals surface area contributed by atoms with Crippen LogP contribution in [0.5, 0.6) is 5.75 Å². The third-order valence-electron chi connectivity index (χ3n) is 3.41. The van der Waals surface area contributed by atoms with Crippen LogP contribution in [-0.4, -0.2) is 50.2 Å². The van der Waals surface area contributed by atoms with Gasteiger partial charge in [0.25, 0.3) is 0 Å². The van der Waals surface area contributed by atoms with Gasteiger partial charge < -0.3 is 9.64 Å². The van der Waals surface area contributed by atoms with E-state index >= 15 is 0 Å². The van der Waals surface area contributed by atoms with E-state index in [-0.39, 0.29) is 0 Å². The number of benzene rings is 1. The highest BCUT2D eigenvalue weighted by molar-refractivity contribution is 5.41. The first-order valence-corrected chi connectivity index (χ1v) is 6.47. The number of piperazine rings is 1. The standard InChI is InChI=1S/C14H20N4O/c1-17-5-7-18(8-6-17)16-11-13-9-12(10-15)3-4-14(13)19-2/h3-4,9,16H,5-8,11H2,1-2H3. The molecule has 19 heavy (non-hydrogen) atoms. The van der Waals surface area contributed by atoms with Crippen LogP contribution in [0, 0.1) is 11.3 Å². The summed E-state index contributed by atoms with van der Waals surface area (Å²) in [6.07, 6.45) is 0. The van der Waals surface area contributed by atoms with E-state index in [0.717, 1.165) is 37.5 Å². The Hall–Kier alpha value is -1.61. The second-order valence-corrected chi connectivity index (χ2v) is 4.76. The highest BCUT2D eigenvalue weighted by Crippen LogP contribution is 2.19. The number of hydrogen-bond acceptors (Lipinski definition) is 5. The van der Waals surface area contributed by atoms with Gasteiger partial charge in [0.05, 0.1) is 18.7 Å². The molecule has 1 aromatic carbocycles. The van der Waals surface area contributed by atoms with E-state index in [9.17, 15) is 0 Å². The predicted molar refractivity (Wildman–Crippen MR) is 73.6 cm³/mol. The second kappa shape index (κ2) is 6.53. The number of rotatable bonds is 4. The van der Waals surface area contributed by atoms with E-state index < -0.39 is 0 Å². The average Bonchev–Trinajstić information content (AvgIpc) is 2.46. The summed E-state index contributed by atoms with van der Waals surface area (Å²) in [6, 6.07) is 7.66. The van der Waals surface area contributed by atoms with E-state index in [1.54, 1.807) is 13.2 Å². The predicted octanol–water partition coefficient (Wildman–Crippen LogP) is 0.819. The van der Waals surface area contributed by atoms with Crippen LogP contribution < -0.4 is 10.2 Å². The van der Waals surface area contributed by atoms with Gasteiger partial charge in [-0.2, -0.15) is 5.26 Å².